The lowest BCUT2D eigenvalue weighted by Crippen LogP contribution is -2.04. The molecule has 0 unspecified atom stereocenters. The molecule has 0 spiro atoms. The highest BCUT2D eigenvalue weighted by molar-refractivity contribution is 6.22. The molecule has 0 saturated heterocycles. The van der Waals surface area contributed by atoms with E-state index >= 15 is 0 Å². The first kappa shape index (κ1) is 17.5. The zero-order valence-electron chi connectivity index (χ0n) is 15.1. The molecule has 2 heterocycles. The van der Waals surface area contributed by atoms with Crippen LogP contribution in [-0.4, -0.2) is 26.2 Å². The van der Waals surface area contributed by atoms with Crippen molar-refractivity contribution < 1.29 is 27.9 Å². The first-order valence-electron chi connectivity index (χ1n) is 8.26. The molecule has 8 nitrogen and oxygen atoms in total. The molecule has 4 N–H and O–H groups in total. The third-order valence-corrected chi connectivity index (χ3v) is 4.53. The SMILES string of the molecule is COC(=O)c1c(N)oc2c(-c3ccccc3)c3c(C(=O)OC)c(N)oc3cc12. The van der Waals surface area contributed by atoms with E-state index in [0.717, 1.165) is 0 Å². The summed E-state index contributed by atoms with van der Waals surface area (Å²) in [6.45, 7) is 0. The highest BCUT2D eigenvalue weighted by Crippen LogP contribution is 2.44. The van der Waals surface area contributed by atoms with Crippen LogP contribution in [0.3, 0.4) is 0 Å². The molecule has 142 valence electrons. The Kier molecular flexibility index (Phi) is 3.96. The van der Waals surface area contributed by atoms with E-state index in [0.29, 0.717) is 27.5 Å². The van der Waals surface area contributed by atoms with Crippen molar-refractivity contribution in [2.75, 3.05) is 25.7 Å². The molecule has 28 heavy (non-hydrogen) atoms. The summed E-state index contributed by atoms with van der Waals surface area (Å²) in [5.41, 5.74) is 13.9. The molecule has 0 radical (unpaired) electrons. The maximum absolute atomic E-state index is 12.4. The van der Waals surface area contributed by atoms with Crippen LogP contribution in [0.5, 0.6) is 0 Å². The standard InChI is InChI=1S/C20H16N2O6/c1-25-19(23)13-10-8-11-14(15(18(22)27-11)20(24)26-2)12(16(10)28-17(13)21)9-6-4-3-5-7-9/h3-8H,21-22H2,1-2H3. The fourth-order valence-corrected chi connectivity index (χ4v) is 3.34. The minimum Gasteiger partial charge on any atom is -0.465 e. The number of nitrogen functional groups attached to an aromatic ring is 2. The Morgan fingerprint density at radius 1 is 0.893 bits per heavy atom. The minimum atomic E-state index is -0.652. The largest absolute Gasteiger partial charge is 0.465 e. The fourth-order valence-electron chi connectivity index (χ4n) is 3.34. The Balaban J connectivity index is 2.24. The molecule has 4 aromatic rings. The van der Waals surface area contributed by atoms with Crippen LogP contribution in [0.2, 0.25) is 0 Å². The second kappa shape index (κ2) is 6.34. The van der Waals surface area contributed by atoms with E-state index in [1.54, 1.807) is 6.07 Å². The summed E-state index contributed by atoms with van der Waals surface area (Å²) < 4.78 is 21.0. The monoisotopic (exact) mass is 380 g/mol. The van der Waals surface area contributed by atoms with Crippen molar-refractivity contribution in [3.05, 3.63) is 47.5 Å². The number of carbonyl (C=O) groups is 2. The topological polar surface area (TPSA) is 131 Å². The molecule has 8 heteroatoms. The van der Waals surface area contributed by atoms with Crippen molar-refractivity contribution in [3.63, 3.8) is 0 Å². The van der Waals surface area contributed by atoms with Crippen molar-refractivity contribution in [2.45, 2.75) is 0 Å². The number of carbonyl (C=O) groups excluding carboxylic acids is 2. The molecule has 0 atom stereocenters. The normalized spacial score (nSPS) is 11.1. The Hall–Kier alpha value is -3.94. The van der Waals surface area contributed by atoms with Gasteiger partial charge in [-0.05, 0) is 11.6 Å². The Morgan fingerprint density at radius 3 is 2.14 bits per heavy atom. The van der Waals surface area contributed by atoms with Gasteiger partial charge in [-0.2, -0.15) is 0 Å². The van der Waals surface area contributed by atoms with Gasteiger partial charge >= 0.3 is 11.9 Å². The van der Waals surface area contributed by atoms with Gasteiger partial charge in [0.05, 0.1) is 14.2 Å². The molecule has 0 fully saturated rings. The molecule has 0 bridgehead atoms. The third kappa shape index (κ3) is 2.38. The van der Waals surface area contributed by atoms with Gasteiger partial charge < -0.3 is 29.8 Å². The van der Waals surface area contributed by atoms with Crippen molar-refractivity contribution in [2.24, 2.45) is 0 Å². The maximum atomic E-state index is 12.4. The van der Waals surface area contributed by atoms with Crippen LogP contribution in [-0.2, 0) is 9.47 Å². The van der Waals surface area contributed by atoms with E-state index in [1.165, 1.54) is 14.2 Å². The van der Waals surface area contributed by atoms with Crippen LogP contribution in [0.15, 0.2) is 45.2 Å². The number of methoxy groups -OCH3 is 2. The number of esters is 2. The quantitative estimate of drug-likeness (QED) is 0.516. The minimum absolute atomic E-state index is 0.0752. The summed E-state index contributed by atoms with van der Waals surface area (Å²) in [7, 11) is 2.50. The lowest BCUT2D eigenvalue weighted by molar-refractivity contribution is 0.0594. The predicted molar refractivity (Wildman–Crippen MR) is 103 cm³/mol. The van der Waals surface area contributed by atoms with Crippen molar-refractivity contribution >= 4 is 45.6 Å². The second-order valence-corrected chi connectivity index (χ2v) is 6.03. The molecular weight excluding hydrogens is 364 g/mol. The van der Waals surface area contributed by atoms with E-state index in [9.17, 15) is 9.59 Å². The summed E-state index contributed by atoms with van der Waals surface area (Å²) in [6.07, 6.45) is 0. The van der Waals surface area contributed by atoms with E-state index in [1.807, 2.05) is 30.3 Å². The lowest BCUT2D eigenvalue weighted by Gasteiger charge is -2.07. The fraction of sp³-hybridized carbons (Fsp3) is 0.100. The molecule has 2 aromatic carbocycles. The lowest BCUT2D eigenvalue weighted by atomic mass is 9.96. The Labute approximate surface area is 158 Å². The summed E-state index contributed by atoms with van der Waals surface area (Å²) in [4.78, 5) is 24.6. The zero-order chi connectivity index (χ0) is 20.0. The number of hydrogen-bond acceptors (Lipinski definition) is 8. The summed E-state index contributed by atoms with van der Waals surface area (Å²) in [5.74, 6) is -1.50. The molecule has 2 aromatic heterocycles. The predicted octanol–water partition coefficient (Wildman–Crippen LogP) is 3.58. The molecular formula is C20H16N2O6. The van der Waals surface area contributed by atoms with Crippen LogP contribution in [0.25, 0.3) is 33.1 Å². The number of benzene rings is 2. The molecule has 0 saturated carbocycles. The van der Waals surface area contributed by atoms with Crippen LogP contribution >= 0.6 is 0 Å². The average molecular weight is 380 g/mol. The van der Waals surface area contributed by atoms with Crippen LogP contribution in [0.4, 0.5) is 11.8 Å². The average Bonchev–Trinajstić information content (AvgIpc) is 3.20. The summed E-state index contributed by atoms with van der Waals surface area (Å²) in [5, 5.41) is 0.800. The van der Waals surface area contributed by atoms with Gasteiger partial charge in [-0.1, -0.05) is 30.3 Å². The van der Waals surface area contributed by atoms with Crippen molar-refractivity contribution in [1.29, 1.82) is 0 Å². The van der Waals surface area contributed by atoms with Gasteiger partial charge in [-0.25, -0.2) is 9.59 Å². The second-order valence-electron chi connectivity index (χ2n) is 6.03. The molecule has 0 amide bonds. The van der Waals surface area contributed by atoms with Gasteiger partial charge in [0.25, 0.3) is 0 Å². The highest BCUT2D eigenvalue weighted by atomic mass is 16.5. The highest BCUT2D eigenvalue weighted by Gasteiger charge is 2.29. The number of ether oxygens (including phenoxy) is 2. The first-order valence-corrected chi connectivity index (χ1v) is 8.26. The number of rotatable bonds is 3. The molecule has 4 rings (SSSR count). The van der Waals surface area contributed by atoms with Gasteiger partial charge in [0.15, 0.2) is 0 Å². The number of nitrogens with two attached hydrogens (primary N) is 2. The van der Waals surface area contributed by atoms with Crippen molar-refractivity contribution in [3.8, 4) is 11.1 Å². The molecule has 0 aliphatic rings. The van der Waals surface area contributed by atoms with E-state index in [-0.39, 0.29) is 28.5 Å². The van der Waals surface area contributed by atoms with E-state index < -0.39 is 11.9 Å². The van der Waals surface area contributed by atoms with Gasteiger partial charge in [0, 0.05) is 16.3 Å². The summed E-state index contributed by atoms with van der Waals surface area (Å²) in [6, 6.07) is 10.7. The van der Waals surface area contributed by atoms with Crippen LogP contribution < -0.4 is 11.5 Å². The van der Waals surface area contributed by atoms with E-state index in [4.69, 9.17) is 29.8 Å². The van der Waals surface area contributed by atoms with Crippen LogP contribution in [0, 0.1) is 0 Å². The smallest absolute Gasteiger partial charge is 0.344 e. The molecule has 0 aliphatic carbocycles. The Morgan fingerprint density at radius 2 is 1.50 bits per heavy atom. The summed E-state index contributed by atoms with van der Waals surface area (Å²) >= 11 is 0. The zero-order valence-corrected chi connectivity index (χ0v) is 15.1. The third-order valence-electron chi connectivity index (χ3n) is 4.53. The number of anilines is 2. The van der Waals surface area contributed by atoms with Crippen molar-refractivity contribution in [1.82, 2.24) is 0 Å². The first-order chi connectivity index (χ1) is 13.5. The number of fused-ring (bicyclic) bond motifs is 2. The maximum Gasteiger partial charge on any atom is 0.344 e. The van der Waals surface area contributed by atoms with Gasteiger partial charge in [-0.3, -0.25) is 0 Å². The van der Waals surface area contributed by atoms with E-state index in [2.05, 4.69) is 0 Å². The van der Waals surface area contributed by atoms with Gasteiger partial charge in [0.1, 0.15) is 22.3 Å². The van der Waals surface area contributed by atoms with Gasteiger partial charge in [-0.15, -0.1) is 0 Å². The number of furan rings is 2. The number of hydrogen-bond donors (Lipinski definition) is 2. The van der Waals surface area contributed by atoms with Gasteiger partial charge in [0.2, 0.25) is 11.8 Å². The van der Waals surface area contributed by atoms with Crippen LogP contribution in [0.1, 0.15) is 20.7 Å². The Bertz CT molecular complexity index is 1240. The molecule has 0 aliphatic heterocycles.